The third-order valence-electron chi connectivity index (χ3n) is 3.17. The van der Waals surface area contributed by atoms with E-state index in [-0.39, 0.29) is 17.5 Å². The highest BCUT2D eigenvalue weighted by molar-refractivity contribution is 6.37. The lowest BCUT2D eigenvalue weighted by Crippen LogP contribution is -2.14. The molecule has 120 valence electrons. The van der Waals surface area contributed by atoms with Crippen LogP contribution in [0.15, 0.2) is 36.4 Å². The number of ether oxygens (including phenoxy) is 1. The Labute approximate surface area is 144 Å². The molecule has 1 amide bonds. The Morgan fingerprint density at radius 2 is 1.87 bits per heavy atom. The largest absolute Gasteiger partial charge is 0.462 e. The first kappa shape index (κ1) is 17.3. The molecule has 23 heavy (non-hydrogen) atoms. The second-order valence-corrected chi connectivity index (χ2v) is 5.67. The Morgan fingerprint density at radius 1 is 1.13 bits per heavy atom. The van der Waals surface area contributed by atoms with E-state index in [9.17, 15) is 9.59 Å². The molecule has 2 rings (SSSR count). The molecule has 0 heterocycles. The van der Waals surface area contributed by atoms with Gasteiger partial charge in [0, 0.05) is 10.7 Å². The molecule has 0 saturated heterocycles. The lowest BCUT2D eigenvalue weighted by Gasteiger charge is -2.11. The van der Waals surface area contributed by atoms with Gasteiger partial charge in [-0.15, -0.1) is 0 Å². The van der Waals surface area contributed by atoms with Crippen molar-refractivity contribution in [1.29, 1.82) is 0 Å². The maximum atomic E-state index is 12.4. The normalized spacial score (nSPS) is 10.3. The number of amides is 1. The smallest absolute Gasteiger partial charge is 0.338 e. The first-order chi connectivity index (χ1) is 10.9. The summed E-state index contributed by atoms with van der Waals surface area (Å²) < 4.78 is 4.96. The van der Waals surface area contributed by atoms with Crippen molar-refractivity contribution in [3.63, 3.8) is 0 Å². The standard InChI is InChI=1S/C17H15Cl2NO3/c1-3-23-17(22)11-5-4-10(2)15(8-11)20-16(21)13-7-6-12(18)9-14(13)19/h4-9H,3H2,1-2H3,(H,20,21). The van der Waals surface area contributed by atoms with Crippen LogP contribution in [-0.4, -0.2) is 18.5 Å². The fourth-order valence-corrected chi connectivity index (χ4v) is 2.46. The lowest BCUT2D eigenvalue weighted by molar-refractivity contribution is 0.0526. The van der Waals surface area contributed by atoms with Gasteiger partial charge in [0.1, 0.15) is 0 Å². The molecule has 0 saturated carbocycles. The molecule has 0 unspecified atom stereocenters. The molecule has 0 aliphatic heterocycles. The molecule has 6 heteroatoms. The SMILES string of the molecule is CCOC(=O)c1ccc(C)c(NC(=O)c2ccc(Cl)cc2Cl)c1. The van der Waals surface area contributed by atoms with Crippen LogP contribution in [0.25, 0.3) is 0 Å². The minimum Gasteiger partial charge on any atom is -0.462 e. The van der Waals surface area contributed by atoms with Crippen LogP contribution in [-0.2, 0) is 4.74 Å². The molecule has 4 nitrogen and oxygen atoms in total. The van der Waals surface area contributed by atoms with Crippen LogP contribution in [0.1, 0.15) is 33.2 Å². The average molecular weight is 352 g/mol. The number of rotatable bonds is 4. The fourth-order valence-electron chi connectivity index (χ4n) is 1.96. The number of anilines is 1. The number of aryl methyl sites for hydroxylation is 1. The summed E-state index contributed by atoms with van der Waals surface area (Å²) in [4.78, 5) is 24.1. The van der Waals surface area contributed by atoms with E-state index in [4.69, 9.17) is 27.9 Å². The Morgan fingerprint density at radius 3 is 2.52 bits per heavy atom. The lowest BCUT2D eigenvalue weighted by atomic mass is 10.1. The molecule has 0 atom stereocenters. The van der Waals surface area contributed by atoms with Gasteiger partial charge in [-0.2, -0.15) is 0 Å². The first-order valence-corrected chi connectivity index (χ1v) is 7.72. The van der Waals surface area contributed by atoms with Crippen LogP contribution < -0.4 is 5.32 Å². The number of carbonyl (C=O) groups is 2. The van der Waals surface area contributed by atoms with Gasteiger partial charge in [-0.1, -0.05) is 29.3 Å². The van der Waals surface area contributed by atoms with E-state index in [1.807, 2.05) is 6.92 Å². The van der Waals surface area contributed by atoms with E-state index in [1.165, 1.54) is 6.07 Å². The predicted molar refractivity (Wildman–Crippen MR) is 91.6 cm³/mol. The Kier molecular flexibility index (Phi) is 5.64. The molecule has 0 fully saturated rings. The van der Waals surface area contributed by atoms with E-state index in [1.54, 1.807) is 37.3 Å². The van der Waals surface area contributed by atoms with Crippen molar-refractivity contribution in [3.05, 3.63) is 63.1 Å². The molecule has 0 aliphatic carbocycles. The highest BCUT2D eigenvalue weighted by atomic mass is 35.5. The van der Waals surface area contributed by atoms with E-state index in [2.05, 4.69) is 5.32 Å². The second-order valence-electron chi connectivity index (χ2n) is 4.83. The predicted octanol–water partition coefficient (Wildman–Crippen LogP) is 4.73. The van der Waals surface area contributed by atoms with E-state index in [0.717, 1.165) is 5.56 Å². The summed E-state index contributed by atoms with van der Waals surface area (Å²) in [5.41, 5.74) is 2.01. The Bertz CT molecular complexity index is 759. The summed E-state index contributed by atoms with van der Waals surface area (Å²) in [6, 6.07) is 9.60. The molecule has 2 aromatic rings. The number of benzene rings is 2. The van der Waals surface area contributed by atoms with Crippen LogP contribution in [0.5, 0.6) is 0 Å². The highest BCUT2D eigenvalue weighted by Crippen LogP contribution is 2.23. The third kappa shape index (κ3) is 4.24. The maximum Gasteiger partial charge on any atom is 0.338 e. The van der Waals surface area contributed by atoms with Crippen LogP contribution in [0.4, 0.5) is 5.69 Å². The topological polar surface area (TPSA) is 55.4 Å². The van der Waals surface area contributed by atoms with Crippen molar-refractivity contribution >= 4 is 40.8 Å². The van der Waals surface area contributed by atoms with E-state index in [0.29, 0.717) is 21.8 Å². The Hall–Kier alpha value is -2.04. The summed E-state index contributed by atoms with van der Waals surface area (Å²) in [7, 11) is 0. The summed E-state index contributed by atoms with van der Waals surface area (Å²) >= 11 is 11.9. The van der Waals surface area contributed by atoms with Crippen molar-refractivity contribution in [3.8, 4) is 0 Å². The number of carbonyl (C=O) groups excluding carboxylic acids is 2. The molecule has 0 aliphatic rings. The van der Waals surface area contributed by atoms with Crippen molar-refractivity contribution in [2.75, 3.05) is 11.9 Å². The molecule has 0 spiro atoms. The molecular weight excluding hydrogens is 337 g/mol. The zero-order chi connectivity index (χ0) is 17.0. The number of nitrogens with one attached hydrogen (secondary N) is 1. The average Bonchev–Trinajstić information content (AvgIpc) is 2.49. The quantitative estimate of drug-likeness (QED) is 0.810. The van der Waals surface area contributed by atoms with Crippen molar-refractivity contribution < 1.29 is 14.3 Å². The number of halogens is 2. The fraction of sp³-hybridized carbons (Fsp3) is 0.176. The minimum atomic E-state index is -0.437. The zero-order valence-corrected chi connectivity index (χ0v) is 14.2. The Balaban J connectivity index is 2.26. The van der Waals surface area contributed by atoms with Crippen molar-refractivity contribution in [1.82, 2.24) is 0 Å². The van der Waals surface area contributed by atoms with Gasteiger partial charge in [0.25, 0.3) is 5.91 Å². The van der Waals surface area contributed by atoms with Crippen LogP contribution in [0.3, 0.4) is 0 Å². The second kappa shape index (κ2) is 7.49. The molecular formula is C17H15Cl2NO3. The van der Waals surface area contributed by atoms with Gasteiger partial charge in [0.15, 0.2) is 0 Å². The number of hydrogen-bond donors (Lipinski definition) is 1. The van der Waals surface area contributed by atoms with Crippen molar-refractivity contribution in [2.24, 2.45) is 0 Å². The minimum absolute atomic E-state index is 0.259. The van der Waals surface area contributed by atoms with Gasteiger partial charge in [0.05, 0.1) is 22.8 Å². The molecule has 2 aromatic carbocycles. The molecule has 1 N–H and O–H groups in total. The third-order valence-corrected chi connectivity index (χ3v) is 3.72. The number of esters is 1. The van der Waals surface area contributed by atoms with Gasteiger partial charge in [0.2, 0.25) is 0 Å². The van der Waals surface area contributed by atoms with Crippen molar-refractivity contribution in [2.45, 2.75) is 13.8 Å². The first-order valence-electron chi connectivity index (χ1n) is 6.96. The summed E-state index contributed by atoms with van der Waals surface area (Å²) in [6.07, 6.45) is 0. The van der Waals surface area contributed by atoms with Gasteiger partial charge in [-0.05, 0) is 49.7 Å². The van der Waals surface area contributed by atoms with E-state index >= 15 is 0 Å². The molecule has 0 aromatic heterocycles. The summed E-state index contributed by atoms with van der Waals surface area (Å²) in [6.45, 7) is 3.85. The number of hydrogen-bond acceptors (Lipinski definition) is 3. The van der Waals surface area contributed by atoms with Gasteiger partial charge < -0.3 is 10.1 Å². The van der Waals surface area contributed by atoms with Gasteiger partial charge in [-0.3, -0.25) is 4.79 Å². The van der Waals surface area contributed by atoms with Gasteiger partial charge in [-0.25, -0.2) is 4.79 Å². The van der Waals surface area contributed by atoms with Crippen LogP contribution >= 0.6 is 23.2 Å². The van der Waals surface area contributed by atoms with Gasteiger partial charge >= 0.3 is 5.97 Å². The van der Waals surface area contributed by atoms with Crippen LogP contribution in [0.2, 0.25) is 10.0 Å². The monoisotopic (exact) mass is 351 g/mol. The van der Waals surface area contributed by atoms with Crippen LogP contribution in [0, 0.1) is 6.92 Å². The molecule has 0 radical (unpaired) electrons. The highest BCUT2D eigenvalue weighted by Gasteiger charge is 2.14. The van der Waals surface area contributed by atoms with E-state index < -0.39 is 5.97 Å². The molecule has 0 bridgehead atoms. The summed E-state index contributed by atoms with van der Waals surface area (Å²) in [5.74, 6) is -0.816. The zero-order valence-electron chi connectivity index (χ0n) is 12.7. The summed E-state index contributed by atoms with van der Waals surface area (Å²) in [5, 5.41) is 3.46. The maximum absolute atomic E-state index is 12.4.